The number of halogens is 1. The number of carbonyl (C=O) groups excluding carboxylic acids is 2. The van der Waals surface area contributed by atoms with Crippen LogP contribution in [0.2, 0.25) is 5.02 Å². The summed E-state index contributed by atoms with van der Waals surface area (Å²) in [6, 6.07) is 13.9. The Labute approximate surface area is 194 Å². The van der Waals surface area contributed by atoms with E-state index in [1.807, 2.05) is 0 Å². The Morgan fingerprint density at radius 2 is 1.69 bits per heavy atom. The summed E-state index contributed by atoms with van der Waals surface area (Å²) in [6.45, 7) is -0.535. The van der Waals surface area contributed by atoms with Gasteiger partial charge in [0.1, 0.15) is 22.1 Å². The zero-order chi connectivity index (χ0) is 23.3. The van der Waals surface area contributed by atoms with Gasteiger partial charge in [0.25, 0.3) is 10.0 Å². The van der Waals surface area contributed by atoms with Gasteiger partial charge in [0.05, 0.1) is 19.9 Å². The lowest BCUT2D eigenvalue weighted by Crippen LogP contribution is -2.38. The standard InChI is InChI=1S/C21H19ClN2O6S2/c1-29-17-9-5-15(6-10-17)23-19(25)13-24(16-7-3-14(22)4-8-16)32(27,28)18-11-12-31-20(18)21(26)30-2/h3-12H,13H2,1-2H3,(H,23,25). The number of thiophene rings is 1. The van der Waals surface area contributed by atoms with Crippen molar-refractivity contribution in [1.29, 1.82) is 0 Å². The van der Waals surface area contributed by atoms with Gasteiger partial charge in [-0.3, -0.25) is 9.10 Å². The van der Waals surface area contributed by atoms with E-state index >= 15 is 0 Å². The van der Waals surface area contributed by atoms with Crippen LogP contribution in [0.15, 0.2) is 64.9 Å². The van der Waals surface area contributed by atoms with Gasteiger partial charge >= 0.3 is 5.97 Å². The summed E-state index contributed by atoms with van der Waals surface area (Å²) >= 11 is 6.87. The molecule has 0 bridgehead atoms. The first-order chi connectivity index (χ1) is 15.3. The van der Waals surface area contributed by atoms with Gasteiger partial charge in [-0.1, -0.05) is 11.6 Å². The summed E-state index contributed by atoms with van der Waals surface area (Å²) < 4.78 is 37.7. The normalized spacial score (nSPS) is 11.0. The molecule has 0 spiro atoms. The molecular weight excluding hydrogens is 476 g/mol. The Morgan fingerprint density at radius 1 is 1.03 bits per heavy atom. The van der Waals surface area contributed by atoms with Crippen molar-refractivity contribution in [1.82, 2.24) is 0 Å². The molecule has 2 aromatic carbocycles. The first-order valence-electron chi connectivity index (χ1n) is 9.14. The predicted octanol–water partition coefficient (Wildman–Crippen LogP) is 4.03. The number of nitrogens with one attached hydrogen (secondary N) is 1. The molecule has 0 aliphatic rings. The zero-order valence-electron chi connectivity index (χ0n) is 17.1. The molecule has 0 aliphatic heterocycles. The number of ether oxygens (including phenoxy) is 2. The summed E-state index contributed by atoms with van der Waals surface area (Å²) in [6.07, 6.45) is 0. The lowest BCUT2D eigenvalue weighted by atomic mass is 10.3. The van der Waals surface area contributed by atoms with E-state index in [-0.39, 0.29) is 15.5 Å². The van der Waals surface area contributed by atoms with Gasteiger partial charge in [-0.2, -0.15) is 0 Å². The van der Waals surface area contributed by atoms with Gasteiger partial charge in [0.2, 0.25) is 5.91 Å². The molecule has 168 valence electrons. The second kappa shape index (κ2) is 10.0. The lowest BCUT2D eigenvalue weighted by molar-refractivity contribution is -0.114. The van der Waals surface area contributed by atoms with Gasteiger partial charge in [-0.05, 0) is 60.0 Å². The van der Waals surface area contributed by atoms with Crippen molar-refractivity contribution in [3.63, 3.8) is 0 Å². The molecule has 0 radical (unpaired) electrons. The summed E-state index contributed by atoms with van der Waals surface area (Å²) in [7, 11) is -1.60. The van der Waals surface area contributed by atoms with Crippen molar-refractivity contribution in [2.24, 2.45) is 0 Å². The zero-order valence-corrected chi connectivity index (χ0v) is 19.5. The van der Waals surface area contributed by atoms with Crippen LogP contribution in [-0.2, 0) is 19.6 Å². The number of amides is 1. The predicted molar refractivity (Wildman–Crippen MR) is 123 cm³/mol. The largest absolute Gasteiger partial charge is 0.497 e. The van der Waals surface area contributed by atoms with Crippen LogP contribution < -0.4 is 14.4 Å². The highest BCUT2D eigenvalue weighted by Crippen LogP contribution is 2.30. The first-order valence-corrected chi connectivity index (χ1v) is 11.8. The van der Waals surface area contributed by atoms with Crippen molar-refractivity contribution in [3.05, 3.63) is 69.9 Å². The Morgan fingerprint density at radius 3 is 2.28 bits per heavy atom. The molecule has 0 atom stereocenters. The highest BCUT2D eigenvalue weighted by atomic mass is 35.5. The molecule has 0 fully saturated rings. The number of carbonyl (C=O) groups is 2. The van der Waals surface area contributed by atoms with E-state index in [4.69, 9.17) is 21.1 Å². The van der Waals surface area contributed by atoms with Crippen LogP contribution in [0.25, 0.3) is 0 Å². The number of benzene rings is 2. The quantitative estimate of drug-likeness (QED) is 0.474. The van der Waals surface area contributed by atoms with Crippen LogP contribution in [0.4, 0.5) is 11.4 Å². The molecule has 0 unspecified atom stereocenters. The summed E-state index contributed by atoms with van der Waals surface area (Å²) in [5.41, 5.74) is 0.677. The van der Waals surface area contributed by atoms with E-state index in [1.54, 1.807) is 24.3 Å². The van der Waals surface area contributed by atoms with E-state index in [9.17, 15) is 18.0 Å². The van der Waals surface area contributed by atoms with E-state index in [0.29, 0.717) is 16.5 Å². The molecule has 3 rings (SSSR count). The third-order valence-electron chi connectivity index (χ3n) is 4.34. The average molecular weight is 495 g/mol. The molecule has 1 N–H and O–H groups in total. The molecule has 1 aromatic heterocycles. The smallest absolute Gasteiger partial charge is 0.349 e. The van der Waals surface area contributed by atoms with Gasteiger partial charge in [0.15, 0.2) is 0 Å². The topological polar surface area (TPSA) is 102 Å². The molecular formula is C21H19ClN2O6S2. The third kappa shape index (κ3) is 5.21. The number of sulfonamides is 1. The van der Waals surface area contributed by atoms with E-state index in [1.165, 1.54) is 42.8 Å². The van der Waals surface area contributed by atoms with Crippen molar-refractivity contribution < 1.29 is 27.5 Å². The lowest BCUT2D eigenvalue weighted by Gasteiger charge is -2.24. The Kier molecular flexibility index (Phi) is 7.39. The maximum Gasteiger partial charge on any atom is 0.349 e. The van der Waals surface area contributed by atoms with Gasteiger partial charge in [-0.25, -0.2) is 13.2 Å². The number of anilines is 2. The maximum atomic E-state index is 13.5. The summed E-state index contributed by atoms with van der Waals surface area (Å²) in [4.78, 5) is 24.5. The first kappa shape index (κ1) is 23.6. The SMILES string of the molecule is COC(=O)c1sccc1S(=O)(=O)N(CC(=O)Nc1ccc(OC)cc1)c1ccc(Cl)cc1. The Balaban J connectivity index is 1.95. The molecule has 0 aliphatic carbocycles. The van der Waals surface area contributed by atoms with E-state index < -0.39 is 28.4 Å². The van der Waals surface area contributed by atoms with Crippen molar-refractivity contribution in [2.75, 3.05) is 30.4 Å². The van der Waals surface area contributed by atoms with Crippen molar-refractivity contribution >= 4 is 56.2 Å². The second-order valence-electron chi connectivity index (χ2n) is 6.37. The molecule has 11 heteroatoms. The van der Waals surface area contributed by atoms with Gasteiger partial charge in [0, 0.05) is 10.7 Å². The van der Waals surface area contributed by atoms with Crippen molar-refractivity contribution in [3.8, 4) is 5.75 Å². The monoisotopic (exact) mass is 494 g/mol. The number of rotatable bonds is 8. The minimum Gasteiger partial charge on any atom is -0.497 e. The fraction of sp³-hybridized carbons (Fsp3) is 0.143. The molecule has 0 saturated heterocycles. The van der Waals surface area contributed by atoms with E-state index in [2.05, 4.69) is 5.32 Å². The molecule has 1 heterocycles. The van der Waals surface area contributed by atoms with Crippen LogP contribution in [0.3, 0.4) is 0 Å². The minimum absolute atomic E-state index is 0.0815. The Hall–Kier alpha value is -3.08. The summed E-state index contributed by atoms with van der Waals surface area (Å²) in [5, 5.41) is 4.53. The number of methoxy groups -OCH3 is 2. The van der Waals surface area contributed by atoms with Gasteiger partial charge < -0.3 is 14.8 Å². The third-order valence-corrected chi connectivity index (χ3v) is 7.44. The molecule has 0 saturated carbocycles. The van der Waals surface area contributed by atoms with E-state index in [0.717, 1.165) is 22.8 Å². The number of esters is 1. The Bertz CT molecular complexity index is 1210. The second-order valence-corrected chi connectivity index (χ2v) is 9.55. The highest BCUT2D eigenvalue weighted by Gasteiger charge is 2.32. The van der Waals surface area contributed by atoms with Crippen LogP contribution in [0, 0.1) is 0 Å². The molecule has 3 aromatic rings. The van der Waals surface area contributed by atoms with Crippen LogP contribution >= 0.6 is 22.9 Å². The van der Waals surface area contributed by atoms with Gasteiger partial charge in [-0.15, -0.1) is 11.3 Å². The van der Waals surface area contributed by atoms with Crippen LogP contribution in [0.5, 0.6) is 5.75 Å². The number of hydrogen-bond donors (Lipinski definition) is 1. The van der Waals surface area contributed by atoms with Crippen LogP contribution in [-0.4, -0.2) is 41.1 Å². The van der Waals surface area contributed by atoms with Crippen LogP contribution in [0.1, 0.15) is 9.67 Å². The molecule has 32 heavy (non-hydrogen) atoms. The number of hydrogen-bond acceptors (Lipinski definition) is 7. The molecule has 1 amide bonds. The fourth-order valence-corrected chi connectivity index (χ4v) is 5.65. The summed E-state index contributed by atoms with van der Waals surface area (Å²) in [5.74, 6) is -0.748. The minimum atomic E-state index is -4.29. The molecule has 8 nitrogen and oxygen atoms in total. The average Bonchev–Trinajstić information content (AvgIpc) is 3.29. The maximum absolute atomic E-state index is 13.5. The van der Waals surface area contributed by atoms with Crippen molar-refractivity contribution in [2.45, 2.75) is 4.90 Å². The number of nitrogens with zero attached hydrogens (tertiary/aromatic N) is 1. The fourth-order valence-electron chi connectivity index (χ4n) is 2.79. The highest BCUT2D eigenvalue weighted by molar-refractivity contribution is 7.93.